The van der Waals surface area contributed by atoms with E-state index in [2.05, 4.69) is 117 Å². The number of benzene rings is 4. The summed E-state index contributed by atoms with van der Waals surface area (Å²) < 4.78 is 6.22. The number of aliphatic hydroxyl groups is 1. The van der Waals surface area contributed by atoms with Gasteiger partial charge >= 0.3 is 0 Å². The molecule has 4 rings (SSSR count). The van der Waals surface area contributed by atoms with E-state index < -0.39 is 0 Å². The van der Waals surface area contributed by atoms with Crippen LogP contribution in [0.15, 0.2) is 95.9 Å². The molecule has 0 atom stereocenters. The van der Waals surface area contributed by atoms with Gasteiger partial charge in [-0.1, -0.05) is 87.5 Å². The number of aryl methyl sites for hydroxylation is 1. The van der Waals surface area contributed by atoms with Gasteiger partial charge < -0.3 is 9.84 Å². The molecule has 3 nitrogen and oxygen atoms in total. The standard InChI is InChI=1S/C35H43NO2S/c1-35(2,3)39-34-16-10-9-15-32(34)27-36(21-22-37)26-29-17-18-31-25-33(20-19-30(31)24-29)38-23-11-5-8-14-28-12-6-4-7-13-28/h4,6-7,9-10,12-13,15-20,24-25,37H,5,8,11,14,21-23,26-27H2,1-3H3. The second kappa shape index (κ2) is 14.6. The van der Waals surface area contributed by atoms with Crippen LogP contribution in [0.3, 0.4) is 0 Å². The third-order valence-corrected chi connectivity index (χ3v) is 7.93. The molecule has 0 radical (unpaired) electrons. The van der Waals surface area contributed by atoms with Gasteiger partial charge in [0.2, 0.25) is 0 Å². The van der Waals surface area contributed by atoms with E-state index in [9.17, 15) is 5.11 Å². The Balaban J connectivity index is 1.31. The summed E-state index contributed by atoms with van der Waals surface area (Å²) in [6.45, 7) is 9.90. The molecule has 4 aromatic carbocycles. The highest BCUT2D eigenvalue weighted by molar-refractivity contribution is 8.00. The van der Waals surface area contributed by atoms with Crippen molar-refractivity contribution < 1.29 is 9.84 Å². The molecule has 0 aliphatic carbocycles. The highest BCUT2D eigenvalue weighted by atomic mass is 32.2. The predicted octanol–water partition coefficient (Wildman–Crippen LogP) is 8.52. The molecule has 0 fully saturated rings. The van der Waals surface area contributed by atoms with Crippen molar-refractivity contribution in [1.82, 2.24) is 4.90 Å². The van der Waals surface area contributed by atoms with Crippen molar-refractivity contribution in [1.29, 1.82) is 0 Å². The Hall–Kier alpha value is -2.79. The van der Waals surface area contributed by atoms with Gasteiger partial charge in [0.1, 0.15) is 5.75 Å². The maximum absolute atomic E-state index is 9.76. The lowest BCUT2D eigenvalue weighted by molar-refractivity contribution is 0.183. The van der Waals surface area contributed by atoms with Gasteiger partial charge in [0.15, 0.2) is 0 Å². The second-order valence-corrected chi connectivity index (χ2v) is 13.1. The van der Waals surface area contributed by atoms with Gasteiger partial charge in [0.05, 0.1) is 13.2 Å². The van der Waals surface area contributed by atoms with Crippen molar-refractivity contribution in [3.05, 3.63) is 108 Å². The van der Waals surface area contributed by atoms with E-state index in [-0.39, 0.29) is 11.4 Å². The Labute approximate surface area is 239 Å². The van der Waals surface area contributed by atoms with Gasteiger partial charge in [-0.05, 0) is 77.4 Å². The fourth-order valence-corrected chi connectivity index (χ4v) is 5.89. The molecular weight excluding hydrogens is 498 g/mol. The molecule has 0 saturated carbocycles. The number of aliphatic hydroxyl groups excluding tert-OH is 1. The number of hydrogen-bond donors (Lipinski definition) is 1. The fourth-order valence-electron chi connectivity index (χ4n) is 4.82. The van der Waals surface area contributed by atoms with Crippen LogP contribution in [-0.2, 0) is 19.5 Å². The Kier molecular flexibility index (Phi) is 10.9. The molecular formula is C35H43NO2S. The molecule has 0 unspecified atom stereocenters. The molecule has 0 bridgehead atoms. The van der Waals surface area contributed by atoms with E-state index in [0.29, 0.717) is 6.54 Å². The van der Waals surface area contributed by atoms with Crippen LogP contribution in [0.25, 0.3) is 10.8 Å². The number of hydrogen-bond acceptors (Lipinski definition) is 4. The summed E-state index contributed by atoms with van der Waals surface area (Å²) in [4.78, 5) is 3.65. The zero-order chi connectivity index (χ0) is 27.5. The Morgan fingerprint density at radius 3 is 2.28 bits per heavy atom. The zero-order valence-electron chi connectivity index (χ0n) is 23.7. The molecule has 0 amide bonds. The molecule has 0 aliphatic rings. The zero-order valence-corrected chi connectivity index (χ0v) is 24.6. The third kappa shape index (κ3) is 9.72. The van der Waals surface area contributed by atoms with Gasteiger partial charge in [-0.15, -0.1) is 11.8 Å². The van der Waals surface area contributed by atoms with Crippen molar-refractivity contribution in [3.63, 3.8) is 0 Å². The quantitative estimate of drug-likeness (QED) is 0.128. The lowest BCUT2D eigenvalue weighted by Gasteiger charge is -2.25. The van der Waals surface area contributed by atoms with E-state index in [0.717, 1.165) is 38.3 Å². The molecule has 0 spiro atoms. The van der Waals surface area contributed by atoms with Crippen LogP contribution in [-0.4, -0.2) is 34.5 Å². The van der Waals surface area contributed by atoms with Gasteiger partial charge in [-0.2, -0.15) is 0 Å². The summed E-state index contributed by atoms with van der Waals surface area (Å²) in [6.07, 6.45) is 4.58. The van der Waals surface area contributed by atoms with Crippen LogP contribution >= 0.6 is 11.8 Å². The van der Waals surface area contributed by atoms with Gasteiger partial charge in [0, 0.05) is 29.3 Å². The summed E-state index contributed by atoms with van der Waals surface area (Å²) in [5, 5.41) is 12.2. The van der Waals surface area contributed by atoms with E-state index in [1.165, 1.54) is 45.2 Å². The lowest BCUT2D eigenvalue weighted by atomic mass is 10.1. The summed E-state index contributed by atoms with van der Waals surface area (Å²) in [5.41, 5.74) is 3.98. The monoisotopic (exact) mass is 541 g/mol. The van der Waals surface area contributed by atoms with Gasteiger partial charge in [0.25, 0.3) is 0 Å². The summed E-state index contributed by atoms with van der Waals surface area (Å²) in [6, 6.07) is 32.4. The summed E-state index contributed by atoms with van der Waals surface area (Å²) in [5.74, 6) is 0.938. The predicted molar refractivity (Wildman–Crippen MR) is 167 cm³/mol. The number of rotatable bonds is 14. The average molecular weight is 542 g/mol. The second-order valence-electron chi connectivity index (χ2n) is 11.2. The number of ether oxygens (including phenoxy) is 1. The first kappa shape index (κ1) is 29.2. The summed E-state index contributed by atoms with van der Waals surface area (Å²) >= 11 is 1.90. The SMILES string of the molecule is CC(C)(C)Sc1ccccc1CN(CCO)Cc1ccc2cc(OCCCCCc3ccccc3)ccc2c1. The van der Waals surface area contributed by atoms with E-state index in [1.807, 2.05) is 11.8 Å². The number of fused-ring (bicyclic) bond motifs is 1. The Bertz CT molecular complexity index is 1300. The largest absolute Gasteiger partial charge is 0.494 e. The first-order valence-electron chi connectivity index (χ1n) is 14.2. The van der Waals surface area contributed by atoms with Crippen LogP contribution in [0.4, 0.5) is 0 Å². The molecule has 0 heterocycles. The minimum Gasteiger partial charge on any atom is -0.494 e. The number of nitrogens with zero attached hydrogens (tertiary/aromatic N) is 1. The molecule has 0 saturated heterocycles. The van der Waals surface area contributed by atoms with Crippen LogP contribution in [0.5, 0.6) is 5.75 Å². The topological polar surface area (TPSA) is 32.7 Å². The molecule has 1 N–H and O–H groups in total. The Morgan fingerprint density at radius 2 is 1.49 bits per heavy atom. The van der Waals surface area contributed by atoms with Crippen LogP contribution < -0.4 is 4.74 Å². The molecule has 4 heteroatoms. The first-order valence-corrected chi connectivity index (χ1v) is 15.0. The third-order valence-electron chi connectivity index (χ3n) is 6.70. The maximum atomic E-state index is 9.76. The highest BCUT2D eigenvalue weighted by Gasteiger charge is 2.16. The van der Waals surface area contributed by atoms with E-state index in [4.69, 9.17) is 4.74 Å². The number of thioether (sulfide) groups is 1. The van der Waals surface area contributed by atoms with Gasteiger partial charge in [-0.3, -0.25) is 4.90 Å². The van der Waals surface area contributed by atoms with Crippen molar-refractivity contribution >= 4 is 22.5 Å². The first-order chi connectivity index (χ1) is 18.9. The average Bonchev–Trinajstić information content (AvgIpc) is 2.91. The van der Waals surface area contributed by atoms with Crippen molar-refractivity contribution in [3.8, 4) is 5.75 Å². The van der Waals surface area contributed by atoms with Crippen molar-refractivity contribution in [2.24, 2.45) is 0 Å². The normalized spacial score (nSPS) is 11.8. The molecule has 39 heavy (non-hydrogen) atoms. The smallest absolute Gasteiger partial charge is 0.119 e. The fraction of sp³-hybridized carbons (Fsp3) is 0.371. The van der Waals surface area contributed by atoms with Gasteiger partial charge in [-0.25, -0.2) is 0 Å². The van der Waals surface area contributed by atoms with Crippen LogP contribution in [0, 0.1) is 0 Å². The minimum absolute atomic E-state index is 0.148. The summed E-state index contributed by atoms with van der Waals surface area (Å²) in [7, 11) is 0. The van der Waals surface area contributed by atoms with Crippen LogP contribution in [0.2, 0.25) is 0 Å². The van der Waals surface area contributed by atoms with Crippen LogP contribution in [0.1, 0.15) is 56.7 Å². The molecule has 0 aromatic heterocycles. The molecule has 206 valence electrons. The van der Waals surface area contributed by atoms with E-state index in [1.54, 1.807) is 0 Å². The minimum atomic E-state index is 0.148. The van der Waals surface area contributed by atoms with Crippen molar-refractivity contribution in [2.45, 2.75) is 69.2 Å². The molecule has 4 aromatic rings. The lowest BCUT2D eigenvalue weighted by Crippen LogP contribution is -2.26. The highest BCUT2D eigenvalue weighted by Crippen LogP contribution is 2.34. The van der Waals surface area contributed by atoms with Crippen molar-refractivity contribution in [2.75, 3.05) is 19.8 Å². The maximum Gasteiger partial charge on any atom is 0.119 e. The van der Waals surface area contributed by atoms with E-state index >= 15 is 0 Å². The number of unbranched alkanes of at least 4 members (excludes halogenated alkanes) is 2. The Morgan fingerprint density at radius 1 is 0.744 bits per heavy atom. The molecule has 0 aliphatic heterocycles.